The van der Waals surface area contributed by atoms with Crippen molar-refractivity contribution >= 4 is 44.6 Å². The third-order valence-electron chi connectivity index (χ3n) is 4.73. The summed E-state index contributed by atoms with van der Waals surface area (Å²) in [4.78, 5) is 18.5. The van der Waals surface area contributed by atoms with Crippen LogP contribution in [-0.2, 0) is 4.74 Å². The maximum atomic E-state index is 14.7. The van der Waals surface area contributed by atoms with E-state index in [0.29, 0.717) is 28.4 Å². The Morgan fingerprint density at radius 3 is 2.53 bits per heavy atom. The van der Waals surface area contributed by atoms with Crippen molar-refractivity contribution in [2.45, 2.75) is 6.92 Å². The maximum absolute atomic E-state index is 14.7. The number of azo groups is 1. The van der Waals surface area contributed by atoms with Gasteiger partial charge >= 0.3 is 5.97 Å². The zero-order chi connectivity index (χ0) is 22.7. The minimum atomic E-state index is -0.484. The Balaban J connectivity index is 1.56. The molecule has 0 atom stereocenters. The summed E-state index contributed by atoms with van der Waals surface area (Å²) >= 11 is 1.38. The van der Waals surface area contributed by atoms with Crippen LogP contribution in [0.5, 0.6) is 0 Å². The molecular weight excluding hydrogens is 427 g/mol. The van der Waals surface area contributed by atoms with E-state index in [1.54, 1.807) is 37.3 Å². The molecule has 8 heteroatoms. The quantitative estimate of drug-likeness (QED) is 0.241. The number of hydrogen-bond donors (Lipinski definition) is 0. The monoisotopic (exact) mass is 448 g/mol. The number of benzene rings is 3. The smallest absolute Gasteiger partial charge is 0.338 e. The molecular formula is C24H21FN4O2S. The molecule has 162 valence electrons. The Labute approximate surface area is 189 Å². The number of carbonyl (C=O) groups is 1. The third kappa shape index (κ3) is 4.65. The van der Waals surface area contributed by atoms with Crippen LogP contribution in [-0.4, -0.2) is 31.7 Å². The number of anilines is 1. The number of nitrogens with zero attached hydrogens (tertiary/aromatic N) is 4. The second-order valence-corrected chi connectivity index (χ2v) is 8.23. The lowest BCUT2D eigenvalue weighted by atomic mass is 10.2. The van der Waals surface area contributed by atoms with Crippen LogP contribution in [0.4, 0.5) is 21.5 Å². The van der Waals surface area contributed by atoms with Crippen LogP contribution in [0.3, 0.4) is 0 Å². The SMILES string of the molecule is CCOC(=O)c1ccc2nc(-c3ccc(/N=N/c4ccc(N(C)C)cc4)c(F)c3)sc2c1. The second kappa shape index (κ2) is 9.23. The predicted octanol–water partition coefficient (Wildman–Crippen LogP) is 6.76. The van der Waals surface area contributed by atoms with E-state index in [1.807, 2.05) is 43.3 Å². The molecule has 0 aliphatic rings. The van der Waals surface area contributed by atoms with Crippen LogP contribution >= 0.6 is 11.3 Å². The van der Waals surface area contributed by atoms with Crippen molar-refractivity contribution in [2.75, 3.05) is 25.6 Å². The summed E-state index contributed by atoms with van der Waals surface area (Å²) < 4.78 is 20.5. The first-order chi connectivity index (χ1) is 15.4. The third-order valence-corrected chi connectivity index (χ3v) is 5.80. The van der Waals surface area contributed by atoms with Crippen molar-refractivity contribution in [3.8, 4) is 10.6 Å². The first-order valence-corrected chi connectivity index (χ1v) is 10.8. The highest BCUT2D eigenvalue weighted by Gasteiger charge is 2.13. The highest BCUT2D eigenvalue weighted by Crippen LogP contribution is 2.33. The average molecular weight is 449 g/mol. The summed E-state index contributed by atoms with van der Waals surface area (Å²) in [5.74, 6) is -0.857. The lowest BCUT2D eigenvalue weighted by Crippen LogP contribution is -2.07. The molecule has 0 aliphatic carbocycles. The molecule has 0 spiro atoms. The fourth-order valence-corrected chi connectivity index (χ4v) is 4.04. The van der Waals surface area contributed by atoms with Gasteiger partial charge in [-0.2, -0.15) is 5.11 Å². The molecule has 0 saturated carbocycles. The summed E-state index contributed by atoms with van der Waals surface area (Å²) in [6.07, 6.45) is 0. The molecule has 3 aromatic carbocycles. The van der Waals surface area contributed by atoms with Gasteiger partial charge in [0.1, 0.15) is 10.7 Å². The average Bonchev–Trinajstić information content (AvgIpc) is 3.22. The number of carbonyl (C=O) groups excluding carboxylic acids is 1. The van der Waals surface area contributed by atoms with Crippen LogP contribution in [0, 0.1) is 5.82 Å². The number of rotatable bonds is 6. The normalized spacial score (nSPS) is 11.2. The predicted molar refractivity (Wildman–Crippen MR) is 126 cm³/mol. The maximum Gasteiger partial charge on any atom is 0.338 e. The standard InChI is InChI=1S/C24H21FN4O2S/c1-4-31-24(30)16-6-12-21-22(14-16)32-23(26-21)15-5-11-20(19(25)13-15)28-27-17-7-9-18(10-8-17)29(2)3/h5-14H,4H2,1-3H3/b28-27+. The number of esters is 1. The van der Waals surface area contributed by atoms with E-state index >= 15 is 0 Å². The van der Waals surface area contributed by atoms with Gasteiger partial charge < -0.3 is 9.64 Å². The van der Waals surface area contributed by atoms with E-state index in [-0.39, 0.29) is 11.7 Å². The minimum Gasteiger partial charge on any atom is -0.462 e. The summed E-state index contributed by atoms with van der Waals surface area (Å²) in [6, 6.07) is 17.4. The topological polar surface area (TPSA) is 67.1 Å². The molecule has 0 amide bonds. The number of aromatic nitrogens is 1. The molecule has 6 nitrogen and oxygen atoms in total. The summed E-state index contributed by atoms with van der Waals surface area (Å²) in [6.45, 7) is 2.08. The number of halogens is 1. The van der Waals surface area contributed by atoms with Gasteiger partial charge in [0.25, 0.3) is 0 Å². The molecule has 1 aromatic heterocycles. The van der Waals surface area contributed by atoms with E-state index in [0.717, 1.165) is 15.9 Å². The van der Waals surface area contributed by atoms with Crippen LogP contribution in [0.25, 0.3) is 20.8 Å². The van der Waals surface area contributed by atoms with E-state index in [9.17, 15) is 9.18 Å². The van der Waals surface area contributed by atoms with E-state index in [1.165, 1.54) is 17.4 Å². The Kier molecular flexibility index (Phi) is 6.23. The molecule has 0 radical (unpaired) electrons. The molecule has 4 aromatic rings. The molecule has 0 bridgehead atoms. The van der Waals surface area contributed by atoms with Crippen molar-refractivity contribution in [2.24, 2.45) is 10.2 Å². The molecule has 0 unspecified atom stereocenters. The number of hydrogen-bond acceptors (Lipinski definition) is 7. The molecule has 1 heterocycles. The lowest BCUT2D eigenvalue weighted by Gasteiger charge is -2.11. The lowest BCUT2D eigenvalue weighted by molar-refractivity contribution is 0.0526. The Bertz CT molecular complexity index is 1300. The van der Waals surface area contributed by atoms with E-state index < -0.39 is 5.82 Å². The van der Waals surface area contributed by atoms with Crippen LogP contribution in [0.15, 0.2) is 70.9 Å². The Hall–Kier alpha value is -3.65. The molecule has 0 N–H and O–H groups in total. The minimum absolute atomic E-state index is 0.149. The first-order valence-electron chi connectivity index (χ1n) is 10.0. The first kappa shape index (κ1) is 21.6. The summed E-state index contributed by atoms with van der Waals surface area (Å²) in [5.41, 5.74) is 3.68. The molecule has 0 aliphatic heterocycles. The fourth-order valence-electron chi connectivity index (χ4n) is 3.04. The van der Waals surface area contributed by atoms with Crippen LogP contribution in [0.1, 0.15) is 17.3 Å². The van der Waals surface area contributed by atoms with Crippen LogP contribution < -0.4 is 4.90 Å². The fraction of sp³-hybridized carbons (Fsp3) is 0.167. The van der Waals surface area contributed by atoms with Crippen molar-refractivity contribution in [3.05, 3.63) is 72.0 Å². The van der Waals surface area contributed by atoms with Gasteiger partial charge in [0.2, 0.25) is 0 Å². The summed E-state index contributed by atoms with van der Waals surface area (Å²) in [7, 11) is 3.91. The Morgan fingerprint density at radius 2 is 1.84 bits per heavy atom. The zero-order valence-electron chi connectivity index (χ0n) is 17.9. The van der Waals surface area contributed by atoms with Gasteiger partial charge in [-0.1, -0.05) is 0 Å². The van der Waals surface area contributed by atoms with Gasteiger partial charge in [0.05, 0.1) is 28.1 Å². The molecule has 0 fully saturated rings. The van der Waals surface area contributed by atoms with Crippen LogP contribution in [0.2, 0.25) is 0 Å². The zero-order valence-corrected chi connectivity index (χ0v) is 18.7. The highest BCUT2D eigenvalue weighted by atomic mass is 32.1. The van der Waals surface area contributed by atoms with Crippen molar-refractivity contribution in [1.29, 1.82) is 0 Å². The summed E-state index contributed by atoms with van der Waals surface area (Å²) in [5, 5.41) is 8.83. The van der Waals surface area contributed by atoms with Gasteiger partial charge in [-0.15, -0.1) is 16.5 Å². The van der Waals surface area contributed by atoms with E-state index in [2.05, 4.69) is 15.2 Å². The Morgan fingerprint density at radius 1 is 1.06 bits per heavy atom. The number of thiazole rings is 1. The van der Waals surface area contributed by atoms with Crippen molar-refractivity contribution < 1.29 is 13.9 Å². The largest absolute Gasteiger partial charge is 0.462 e. The highest BCUT2D eigenvalue weighted by molar-refractivity contribution is 7.21. The molecule has 4 rings (SSSR count). The second-order valence-electron chi connectivity index (χ2n) is 7.20. The number of fused-ring (bicyclic) bond motifs is 1. The van der Waals surface area contributed by atoms with Gasteiger partial charge in [-0.3, -0.25) is 0 Å². The van der Waals surface area contributed by atoms with Gasteiger partial charge in [0, 0.05) is 25.3 Å². The van der Waals surface area contributed by atoms with Crippen molar-refractivity contribution in [1.82, 2.24) is 4.98 Å². The van der Waals surface area contributed by atoms with Gasteiger partial charge in [-0.05, 0) is 67.6 Å². The van der Waals surface area contributed by atoms with E-state index in [4.69, 9.17) is 4.74 Å². The molecule has 0 saturated heterocycles. The van der Waals surface area contributed by atoms with Gasteiger partial charge in [0.15, 0.2) is 5.82 Å². The molecule has 32 heavy (non-hydrogen) atoms. The van der Waals surface area contributed by atoms with Gasteiger partial charge in [-0.25, -0.2) is 14.2 Å². The number of ether oxygens (including phenoxy) is 1. The van der Waals surface area contributed by atoms with Crippen molar-refractivity contribution in [3.63, 3.8) is 0 Å².